The van der Waals surface area contributed by atoms with E-state index in [2.05, 4.69) is 10.1 Å². The van der Waals surface area contributed by atoms with Gasteiger partial charge >= 0.3 is 5.97 Å². The van der Waals surface area contributed by atoms with E-state index in [1.165, 1.54) is 7.11 Å². The lowest BCUT2D eigenvalue weighted by atomic mass is 10.2. The van der Waals surface area contributed by atoms with Crippen LogP contribution in [0, 0.1) is 0 Å². The lowest BCUT2D eigenvalue weighted by Gasteiger charge is -2.03. The molecule has 6 heteroatoms. The second-order valence-corrected chi connectivity index (χ2v) is 5.63. The Morgan fingerprint density at radius 1 is 1.31 bits per heavy atom. The summed E-state index contributed by atoms with van der Waals surface area (Å²) in [5.74, 6) is 1.66. The van der Waals surface area contributed by atoms with Gasteiger partial charge in [0.1, 0.15) is 5.94 Å². The maximum absolute atomic E-state index is 10.8. The van der Waals surface area contributed by atoms with E-state index in [-0.39, 0.29) is 5.97 Å². The van der Waals surface area contributed by atoms with Crippen LogP contribution in [0.15, 0.2) is 0 Å². The fourth-order valence-corrected chi connectivity index (χ4v) is 2.58. The molecule has 0 atom stereocenters. The third-order valence-electron chi connectivity index (χ3n) is 1.80. The number of methoxy groups -OCH3 is 1. The highest BCUT2D eigenvalue weighted by Crippen LogP contribution is 2.20. The molecule has 0 saturated carbocycles. The molecule has 1 N–H and O–H groups in total. The van der Waals surface area contributed by atoms with Crippen molar-refractivity contribution in [2.45, 2.75) is 19.3 Å². The third-order valence-corrected chi connectivity index (χ3v) is 3.89. The Hall–Kier alpha value is 0.0900. The quantitative estimate of drug-likeness (QED) is 0.267. The molecule has 0 aromatic carbocycles. The van der Waals surface area contributed by atoms with Gasteiger partial charge in [0.2, 0.25) is 0 Å². The van der Waals surface area contributed by atoms with Crippen molar-refractivity contribution in [3.8, 4) is 0 Å². The van der Waals surface area contributed by atoms with Crippen LogP contribution in [-0.2, 0) is 14.3 Å². The minimum Gasteiger partial charge on any atom is -0.469 e. The molecule has 0 aliphatic heterocycles. The van der Waals surface area contributed by atoms with Crippen molar-refractivity contribution in [3.05, 3.63) is 0 Å². The van der Waals surface area contributed by atoms with Gasteiger partial charge in [-0.05, 0) is 19.9 Å². The van der Waals surface area contributed by atoms with Crippen LogP contribution >= 0.6 is 21.6 Å². The SMILES string of the molecule is CNCCSSCOCCCCC(=O)OC. The second-order valence-electron chi connectivity index (χ2n) is 3.10. The molecule has 96 valence electrons. The summed E-state index contributed by atoms with van der Waals surface area (Å²) in [4.78, 5) is 10.8. The number of ether oxygens (including phenoxy) is 2. The van der Waals surface area contributed by atoms with E-state index in [4.69, 9.17) is 4.74 Å². The van der Waals surface area contributed by atoms with Gasteiger partial charge in [-0.2, -0.15) is 0 Å². The van der Waals surface area contributed by atoms with Crippen LogP contribution in [0.25, 0.3) is 0 Å². The molecule has 0 amide bonds. The molecule has 0 spiro atoms. The van der Waals surface area contributed by atoms with E-state index in [9.17, 15) is 4.79 Å². The normalized spacial score (nSPS) is 10.4. The molecule has 0 radical (unpaired) electrons. The predicted octanol–water partition coefficient (Wildman–Crippen LogP) is 1.90. The number of carbonyl (C=O) groups excluding carboxylic acids is 1. The van der Waals surface area contributed by atoms with E-state index in [1.54, 1.807) is 21.6 Å². The highest BCUT2D eigenvalue weighted by Gasteiger charge is 1.98. The maximum Gasteiger partial charge on any atom is 0.305 e. The van der Waals surface area contributed by atoms with Crippen molar-refractivity contribution in [1.29, 1.82) is 0 Å². The number of nitrogens with one attached hydrogen (secondary N) is 1. The van der Waals surface area contributed by atoms with Crippen LogP contribution in [0.5, 0.6) is 0 Å². The molecule has 0 rings (SSSR count). The van der Waals surface area contributed by atoms with Crippen LogP contribution in [0.1, 0.15) is 19.3 Å². The summed E-state index contributed by atoms with van der Waals surface area (Å²) >= 11 is 0. The van der Waals surface area contributed by atoms with Crippen molar-refractivity contribution < 1.29 is 14.3 Å². The molecule has 0 aliphatic carbocycles. The summed E-state index contributed by atoms with van der Waals surface area (Å²) < 4.78 is 9.94. The molecule has 0 fully saturated rings. The summed E-state index contributed by atoms with van der Waals surface area (Å²) in [7, 11) is 6.89. The highest BCUT2D eigenvalue weighted by atomic mass is 33.1. The maximum atomic E-state index is 10.8. The molecule has 0 aromatic rings. The standard InChI is InChI=1S/C10H21NO3S2/c1-11-6-8-15-16-9-14-7-4-3-5-10(12)13-2/h11H,3-9H2,1-2H3. The van der Waals surface area contributed by atoms with Crippen LogP contribution in [-0.4, -0.2) is 45.0 Å². The molecule has 16 heavy (non-hydrogen) atoms. The summed E-state index contributed by atoms with van der Waals surface area (Å²) in [5.41, 5.74) is 0. The van der Waals surface area contributed by atoms with Gasteiger partial charge in [0.05, 0.1) is 7.11 Å². The lowest BCUT2D eigenvalue weighted by Crippen LogP contribution is -2.09. The molecular formula is C10H21NO3S2. The van der Waals surface area contributed by atoms with Gasteiger partial charge in [-0.3, -0.25) is 4.79 Å². The number of hydrogen-bond donors (Lipinski definition) is 1. The molecule has 0 bridgehead atoms. The van der Waals surface area contributed by atoms with E-state index < -0.39 is 0 Å². The molecule has 0 saturated heterocycles. The van der Waals surface area contributed by atoms with Crippen molar-refractivity contribution in [3.63, 3.8) is 0 Å². The van der Waals surface area contributed by atoms with Crippen molar-refractivity contribution in [2.75, 3.05) is 39.0 Å². The first kappa shape index (κ1) is 16.1. The van der Waals surface area contributed by atoms with Gasteiger partial charge in [0.25, 0.3) is 0 Å². The van der Waals surface area contributed by atoms with Gasteiger partial charge in [-0.15, -0.1) is 0 Å². The first-order valence-electron chi connectivity index (χ1n) is 5.34. The summed E-state index contributed by atoms with van der Waals surface area (Å²) in [6.07, 6.45) is 2.24. The fourth-order valence-electron chi connectivity index (χ4n) is 0.905. The molecular weight excluding hydrogens is 246 g/mol. The fraction of sp³-hybridized carbons (Fsp3) is 0.900. The number of unbranched alkanes of at least 4 members (excludes halogenated alkanes) is 1. The third kappa shape index (κ3) is 12.2. The molecule has 0 unspecified atom stereocenters. The number of hydrogen-bond acceptors (Lipinski definition) is 6. The summed E-state index contributed by atoms with van der Waals surface area (Å²) in [6.45, 7) is 1.74. The summed E-state index contributed by atoms with van der Waals surface area (Å²) in [6, 6.07) is 0. The lowest BCUT2D eigenvalue weighted by molar-refractivity contribution is -0.140. The summed E-state index contributed by atoms with van der Waals surface area (Å²) in [5, 5.41) is 3.08. The van der Waals surface area contributed by atoms with E-state index in [0.717, 1.165) is 31.7 Å². The predicted molar refractivity (Wildman–Crippen MR) is 70.7 cm³/mol. The first-order chi connectivity index (χ1) is 7.81. The van der Waals surface area contributed by atoms with Crippen molar-refractivity contribution >= 4 is 27.6 Å². The Morgan fingerprint density at radius 2 is 2.12 bits per heavy atom. The largest absolute Gasteiger partial charge is 0.469 e. The van der Waals surface area contributed by atoms with E-state index in [1.807, 2.05) is 7.05 Å². The Kier molecular flexibility index (Phi) is 13.2. The second kappa shape index (κ2) is 13.2. The van der Waals surface area contributed by atoms with Crippen molar-refractivity contribution in [2.24, 2.45) is 0 Å². The zero-order valence-electron chi connectivity index (χ0n) is 9.99. The average molecular weight is 267 g/mol. The Labute approximate surface area is 106 Å². The van der Waals surface area contributed by atoms with E-state index >= 15 is 0 Å². The molecule has 0 aromatic heterocycles. The zero-order chi connectivity index (χ0) is 12.1. The molecule has 0 heterocycles. The number of carbonyl (C=O) groups is 1. The van der Waals surface area contributed by atoms with Gasteiger partial charge in [-0.1, -0.05) is 21.6 Å². The first-order valence-corrected chi connectivity index (χ1v) is 7.83. The Balaban J connectivity index is 2.96. The van der Waals surface area contributed by atoms with E-state index in [0.29, 0.717) is 12.4 Å². The van der Waals surface area contributed by atoms with Crippen LogP contribution in [0.2, 0.25) is 0 Å². The van der Waals surface area contributed by atoms with Gasteiger partial charge < -0.3 is 14.8 Å². The van der Waals surface area contributed by atoms with Gasteiger partial charge in [0, 0.05) is 25.3 Å². The van der Waals surface area contributed by atoms with Crippen LogP contribution < -0.4 is 5.32 Å². The average Bonchev–Trinajstić information content (AvgIpc) is 2.31. The zero-order valence-corrected chi connectivity index (χ0v) is 11.6. The molecule has 0 aliphatic rings. The van der Waals surface area contributed by atoms with Gasteiger partial charge in [-0.25, -0.2) is 0 Å². The number of rotatable bonds is 11. The monoisotopic (exact) mass is 267 g/mol. The van der Waals surface area contributed by atoms with Crippen molar-refractivity contribution in [1.82, 2.24) is 5.32 Å². The topological polar surface area (TPSA) is 47.6 Å². The highest BCUT2D eigenvalue weighted by molar-refractivity contribution is 8.76. The Morgan fingerprint density at radius 3 is 2.81 bits per heavy atom. The van der Waals surface area contributed by atoms with Gasteiger partial charge in [0.15, 0.2) is 0 Å². The minimum absolute atomic E-state index is 0.142. The van der Waals surface area contributed by atoms with Crippen LogP contribution in [0.3, 0.4) is 0 Å². The van der Waals surface area contributed by atoms with Crippen LogP contribution in [0.4, 0.5) is 0 Å². The number of esters is 1. The molecule has 4 nitrogen and oxygen atoms in total. The minimum atomic E-state index is -0.142. The Bertz CT molecular complexity index is 170. The smallest absolute Gasteiger partial charge is 0.305 e.